The third-order valence-electron chi connectivity index (χ3n) is 5.03. The first-order valence-electron chi connectivity index (χ1n) is 10.7. The Hall–Kier alpha value is 0. The van der Waals surface area contributed by atoms with Gasteiger partial charge in [0.25, 0.3) is 0 Å². The van der Waals surface area contributed by atoms with E-state index < -0.39 is 0 Å². The second kappa shape index (κ2) is 17.4. The second-order valence-electron chi connectivity index (χ2n) is 8.11. The summed E-state index contributed by atoms with van der Waals surface area (Å²) in [5.74, 6) is 1.86. The molecule has 0 saturated carbocycles. The predicted molar refractivity (Wildman–Crippen MR) is 104 cm³/mol. The smallest absolute Gasteiger partial charge is 0.0443 e. The zero-order valence-electron chi connectivity index (χ0n) is 16.5. The average molecular weight is 311 g/mol. The summed E-state index contributed by atoms with van der Waals surface area (Å²) in [6.45, 7) is 9.45. The molecule has 0 fully saturated rings. The topological polar surface area (TPSA) is 0 Å². The van der Waals surface area contributed by atoms with Crippen molar-refractivity contribution in [2.45, 2.75) is 130 Å². The zero-order chi connectivity index (χ0) is 16.5. The minimum Gasteiger partial charge on any atom is -0.0654 e. The summed E-state index contributed by atoms with van der Waals surface area (Å²) in [6.07, 6.45) is 23.4. The van der Waals surface area contributed by atoms with Crippen molar-refractivity contribution in [3.63, 3.8) is 0 Å². The molecule has 0 radical (unpaired) electrons. The first kappa shape index (κ1) is 22.0. The Bertz CT molecular complexity index is 194. The highest BCUT2D eigenvalue weighted by atomic mass is 14.1. The molecule has 0 bridgehead atoms. The average Bonchev–Trinajstić information content (AvgIpc) is 2.48. The van der Waals surface area contributed by atoms with E-state index in [-0.39, 0.29) is 0 Å². The van der Waals surface area contributed by atoms with E-state index in [2.05, 4.69) is 27.7 Å². The van der Waals surface area contributed by atoms with E-state index in [0.717, 1.165) is 11.8 Å². The van der Waals surface area contributed by atoms with Gasteiger partial charge in [-0.25, -0.2) is 0 Å². The molecule has 134 valence electrons. The number of rotatable bonds is 17. The maximum Gasteiger partial charge on any atom is -0.0443 e. The fraction of sp³-hybridized carbons (Fsp3) is 1.00. The van der Waals surface area contributed by atoms with E-state index in [0.29, 0.717) is 0 Å². The van der Waals surface area contributed by atoms with Gasteiger partial charge >= 0.3 is 0 Å². The Morgan fingerprint density at radius 1 is 0.455 bits per heavy atom. The maximum absolute atomic E-state index is 2.47. The van der Waals surface area contributed by atoms with Crippen LogP contribution in [0.1, 0.15) is 130 Å². The van der Waals surface area contributed by atoms with Crippen LogP contribution in [-0.2, 0) is 0 Å². The Balaban J connectivity index is 3.14. The summed E-state index contributed by atoms with van der Waals surface area (Å²) in [6, 6.07) is 0. The largest absolute Gasteiger partial charge is 0.0654 e. The highest BCUT2D eigenvalue weighted by molar-refractivity contribution is 4.56. The van der Waals surface area contributed by atoms with E-state index in [9.17, 15) is 0 Å². The normalized spacial score (nSPS) is 13.0. The lowest BCUT2D eigenvalue weighted by Crippen LogP contribution is -1.95. The van der Waals surface area contributed by atoms with E-state index in [1.165, 1.54) is 103 Å². The quantitative estimate of drug-likeness (QED) is 0.236. The van der Waals surface area contributed by atoms with Gasteiger partial charge in [-0.15, -0.1) is 0 Å². The van der Waals surface area contributed by atoms with Gasteiger partial charge in [0, 0.05) is 0 Å². The van der Waals surface area contributed by atoms with E-state index in [4.69, 9.17) is 0 Å². The second-order valence-corrected chi connectivity index (χ2v) is 8.11. The molecule has 0 aliphatic rings. The fourth-order valence-electron chi connectivity index (χ4n) is 3.35. The Morgan fingerprint density at radius 3 is 1.23 bits per heavy atom. The Morgan fingerprint density at radius 2 is 0.818 bits per heavy atom. The van der Waals surface area contributed by atoms with Gasteiger partial charge < -0.3 is 0 Å². The van der Waals surface area contributed by atoms with Gasteiger partial charge in [-0.2, -0.15) is 0 Å². The minimum atomic E-state index is 0.896. The molecule has 0 aromatic carbocycles. The van der Waals surface area contributed by atoms with Crippen molar-refractivity contribution in [2.24, 2.45) is 11.8 Å². The van der Waals surface area contributed by atoms with Gasteiger partial charge in [0.05, 0.1) is 0 Å². The van der Waals surface area contributed by atoms with Crippen LogP contribution in [0.25, 0.3) is 0 Å². The minimum absolute atomic E-state index is 0.896. The highest BCUT2D eigenvalue weighted by Crippen LogP contribution is 2.19. The lowest BCUT2D eigenvalue weighted by molar-refractivity contribution is 0.429. The summed E-state index contributed by atoms with van der Waals surface area (Å²) in [7, 11) is 0. The monoisotopic (exact) mass is 310 g/mol. The van der Waals surface area contributed by atoms with Crippen molar-refractivity contribution in [2.75, 3.05) is 0 Å². The van der Waals surface area contributed by atoms with Crippen LogP contribution in [0.15, 0.2) is 0 Å². The van der Waals surface area contributed by atoms with E-state index in [1.54, 1.807) is 0 Å². The number of hydrogen-bond donors (Lipinski definition) is 0. The zero-order valence-corrected chi connectivity index (χ0v) is 16.5. The molecule has 0 aromatic heterocycles. The molecule has 1 unspecified atom stereocenters. The van der Waals surface area contributed by atoms with Gasteiger partial charge in [-0.1, -0.05) is 130 Å². The van der Waals surface area contributed by atoms with Crippen LogP contribution >= 0.6 is 0 Å². The molecule has 0 saturated heterocycles. The molecule has 0 amide bonds. The molecule has 0 heteroatoms. The van der Waals surface area contributed by atoms with Gasteiger partial charge in [-0.3, -0.25) is 0 Å². The standard InChI is InChI=1S/C22H46/c1-5-6-7-8-9-13-16-19-22(4)20-17-14-11-10-12-15-18-21(2)3/h21-22H,5-20H2,1-4H3. The van der Waals surface area contributed by atoms with Crippen molar-refractivity contribution in [1.29, 1.82) is 0 Å². The van der Waals surface area contributed by atoms with Crippen LogP contribution in [0.3, 0.4) is 0 Å². The lowest BCUT2D eigenvalue weighted by atomic mass is 9.95. The summed E-state index contributed by atoms with van der Waals surface area (Å²) in [4.78, 5) is 0. The molecule has 0 rings (SSSR count). The molecule has 0 N–H and O–H groups in total. The van der Waals surface area contributed by atoms with Crippen LogP contribution in [0.2, 0.25) is 0 Å². The highest BCUT2D eigenvalue weighted by Gasteiger charge is 2.02. The first-order valence-corrected chi connectivity index (χ1v) is 10.7. The van der Waals surface area contributed by atoms with Crippen LogP contribution in [0.4, 0.5) is 0 Å². The van der Waals surface area contributed by atoms with E-state index in [1.807, 2.05) is 0 Å². The van der Waals surface area contributed by atoms with Crippen LogP contribution < -0.4 is 0 Å². The SMILES string of the molecule is CCCCCCCCCC(C)CCCCCCCCC(C)C. The summed E-state index contributed by atoms with van der Waals surface area (Å²) in [5.41, 5.74) is 0. The summed E-state index contributed by atoms with van der Waals surface area (Å²) in [5, 5.41) is 0. The van der Waals surface area contributed by atoms with Crippen LogP contribution in [0.5, 0.6) is 0 Å². The Labute approximate surface area is 142 Å². The summed E-state index contributed by atoms with van der Waals surface area (Å²) < 4.78 is 0. The molecule has 0 aliphatic carbocycles. The third-order valence-corrected chi connectivity index (χ3v) is 5.03. The molecule has 0 nitrogen and oxygen atoms in total. The van der Waals surface area contributed by atoms with Crippen molar-refractivity contribution >= 4 is 0 Å². The summed E-state index contributed by atoms with van der Waals surface area (Å²) >= 11 is 0. The molecule has 0 aromatic rings. The molecule has 22 heavy (non-hydrogen) atoms. The van der Waals surface area contributed by atoms with Crippen molar-refractivity contribution in [1.82, 2.24) is 0 Å². The predicted octanol–water partition coefficient (Wildman–Crippen LogP) is 8.54. The van der Waals surface area contributed by atoms with E-state index >= 15 is 0 Å². The van der Waals surface area contributed by atoms with Crippen molar-refractivity contribution in [3.05, 3.63) is 0 Å². The van der Waals surface area contributed by atoms with Gasteiger partial charge in [-0.05, 0) is 11.8 Å². The molecule has 1 atom stereocenters. The maximum atomic E-state index is 2.47. The number of unbranched alkanes of at least 4 members (excludes halogenated alkanes) is 11. The van der Waals surface area contributed by atoms with Crippen molar-refractivity contribution < 1.29 is 0 Å². The molecular formula is C22H46. The molecule has 0 heterocycles. The molecule has 0 spiro atoms. The van der Waals surface area contributed by atoms with Crippen LogP contribution in [-0.4, -0.2) is 0 Å². The number of hydrogen-bond acceptors (Lipinski definition) is 0. The third kappa shape index (κ3) is 18.1. The lowest BCUT2D eigenvalue weighted by Gasteiger charge is -2.11. The van der Waals surface area contributed by atoms with Crippen molar-refractivity contribution in [3.8, 4) is 0 Å². The fourth-order valence-corrected chi connectivity index (χ4v) is 3.35. The van der Waals surface area contributed by atoms with Gasteiger partial charge in [0.2, 0.25) is 0 Å². The molecular weight excluding hydrogens is 264 g/mol. The van der Waals surface area contributed by atoms with Crippen LogP contribution in [0, 0.1) is 11.8 Å². The van der Waals surface area contributed by atoms with Gasteiger partial charge in [0.1, 0.15) is 0 Å². The first-order chi connectivity index (χ1) is 10.7. The Kier molecular flexibility index (Phi) is 17.4. The molecule has 0 aliphatic heterocycles. The van der Waals surface area contributed by atoms with Gasteiger partial charge in [0.15, 0.2) is 0 Å².